The van der Waals surface area contributed by atoms with Crippen LogP contribution in [0.4, 0.5) is 13.2 Å². The molecule has 0 spiro atoms. The third-order valence-corrected chi connectivity index (χ3v) is 6.73. The Morgan fingerprint density at radius 1 is 1.25 bits per heavy atom. The zero-order valence-electron chi connectivity index (χ0n) is 16.5. The average molecular weight is 541 g/mol. The highest BCUT2D eigenvalue weighted by Crippen LogP contribution is 2.29. The number of piperidine rings is 1. The molecule has 1 unspecified atom stereocenters. The molecule has 2 aliphatic rings. The summed E-state index contributed by atoms with van der Waals surface area (Å²) in [6.45, 7) is 5.03. The van der Waals surface area contributed by atoms with Gasteiger partial charge in [-0.25, -0.2) is 8.42 Å². The van der Waals surface area contributed by atoms with Crippen LogP contribution in [-0.4, -0.2) is 80.4 Å². The Morgan fingerprint density at radius 3 is 2.29 bits per heavy atom. The van der Waals surface area contributed by atoms with Gasteiger partial charge in [0.05, 0.1) is 6.54 Å². The molecule has 7 nitrogen and oxygen atoms in total. The second-order valence-corrected chi connectivity index (χ2v) is 9.16. The Kier molecular flexibility index (Phi) is 9.74. The van der Waals surface area contributed by atoms with Gasteiger partial charge >= 0.3 is 15.5 Å². The van der Waals surface area contributed by atoms with Gasteiger partial charge in [-0.15, -0.1) is 24.0 Å². The van der Waals surface area contributed by atoms with Crippen LogP contribution in [0.15, 0.2) is 4.99 Å². The van der Waals surface area contributed by atoms with Gasteiger partial charge in [-0.1, -0.05) is 0 Å². The van der Waals surface area contributed by atoms with Crippen LogP contribution < -0.4 is 10.6 Å². The summed E-state index contributed by atoms with van der Waals surface area (Å²) >= 11 is 0. The molecular formula is C16H31F3IN5O2S. The van der Waals surface area contributed by atoms with Crippen molar-refractivity contribution in [2.75, 3.05) is 33.2 Å². The lowest BCUT2D eigenvalue weighted by Gasteiger charge is -2.32. The minimum absolute atomic E-state index is 0. The monoisotopic (exact) mass is 541 g/mol. The predicted molar refractivity (Wildman–Crippen MR) is 114 cm³/mol. The van der Waals surface area contributed by atoms with E-state index >= 15 is 0 Å². The number of nitrogens with one attached hydrogen (secondary N) is 2. The lowest BCUT2D eigenvalue weighted by molar-refractivity contribution is -0.0494. The van der Waals surface area contributed by atoms with Gasteiger partial charge in [0.25, 0.3) is 0 Å². The second-order valence-electron chi connectivity index (χ2n) is 7.23. The van der Waals surface area contributed by atoms with Crippen molar-refractivity contribution in [3.8, 4) is 0 Å². The maximum absolute atomic E-state index is 12.6. The van der Waals surface area contributed by atoms with Crippen molar-refractivity contribution in [1.29, 1.82) is 0 Å². The first-order chi connectivity index (χ1) is 12.6. The molecule has 0 aromatic carbocycles. The lowest BCUT2D eigenvalue weighted by atomic mass is 10.1. The van der Waals surface area contributed by atoms with E-state index in [2.05, 4.69) is 34.5 Å². The number of guanidine groups is 1. The van der Waals surface area contributed by atoms with Gasteiger partial charge in [-0.2, -0.15) is 17.5 Å². The number of aliphatic imine (C=N–C) groups is 1. The van der Waals surface area contributed by atoms with E-state index in [1.807, 2.05) is 6.92 Å². The van der Waals surface area contributed by atoms with Gasteiger partial charge in [0.1, 0.15) is 0 Å². The maximum atomic E-state index is 12.6. The van der Waals surface area contributed by atoms with Crippen molar-refractivity contribution < 1.29 is 21.6 Å². The van der Waals surface area contributed by atoms with Crippen LogP contribution in [0, 0.1) is 0 Å². The molecule has 0 aromatic heterocycles. The standard InChI is InChI=1S/C16H30F3N5O2S.HI/c1-4-20-15(21-11-12(2)23(3)14-5-6-14)22-13-7-9-24(10-8-13)27(25,26)16(17,18)19;/h12-14H,4-11H2,1-3H3,(H2,20,21,22);1H. The molecule has 1 saturated heterocycles. The second kappa shape index (κ2) is 10.6. The van der Waals surface area contributed by atoms with E-state index in [-0.39, 0.29) is 43.1 Å². The van der Waals surface area contributed by atoms with Gasteiger partial charge in [0, 0.05) is 37.8 Å². The number of halogens is 4. The van der Waals surface area contributed by atoms with E-state index in [1.165, 1.54) is 12.8 Å². The fourth-order valence-electron chi connectivity index (χ4n) is 3.09. The fraction of sp³-hybridized carbons (Fsp3) is 0.938. The van der Waals surface area contributed by atoms with Crippen molar-refractivity contribution in [1.82, 2.24) is 19.8 Å². The molecular weight excluding hydrogens is 510 g/mol. The van der Waals surface area contributed by atoms with Crippen LogP contribution >= 0.6 is 24.0 Å². The van der Waals surface area contributed by atoms with Crippen molar-refractivity contribution in [3.05, 3.63) is 0 Å². The molecule has 166 valence electrons. The summed E-state index contributed by atoms with van der Waals surface area (Å²) in [6, 6.07) is 0.830. The highest BCUT2D eigenvalue weighted by Gasteiger charge is 2.50. The molecule has 0 radical (unpaired) electrons. The molecule has 2 rings (SSSR count). The Morgan fingerprint density at radius 2 is 1.82 bits per heavy atom. The van der Waals surface area contributed by atoms with Crippen LogP contribution in [0.3, 0.4) is 0 Å². The quantitative estimate of drug-likeness (QED) is 0.293. The van der Waals surface area contributed by atoms with Crippen molar-refractivity contribution in [2.45, 2.75) is 63.2 Å². The topological polar surface area (TPSA) is 77.0 Å². The Hall–Kier alpha value is -0.340. The minimum atomic E-state index is -5.24. The lowest BCUT2D eigenvalue weighted by Crippen LogP contribution is -2.51. The predicted octanol–water partition coefficient (Wildman–Crippen LogP) is 1.96. The number of rotatable bonds is 7. The number of alkyl halides is 3. The summed E-state index contributed by atoms with van der Waals surface area (Å²) < 4.78 is 61.4. The molecule has 0 amide bonds. The van der Waals surface area contributed by atoms with Gasteiger partial charge in [0.15, 0.2) is 5.96 Å². The summed E-state index contributed by atoms with van der Waals surface area (Å²) in [5.41, 5.74) is -5.24. The molecule has 0 bridgehead atoms. The number of hydrogen-bond donors (Lipinski definition) is 2. The molecule has 1 saturated carbocycles. The normalized spacial score (nSPS) is 21.3. The fourth-order valence-corrected chi connectivity index (χ4v) is 4.08. The first-order valence-corrected chi connectivity index (χ1v) is 10.8. The van der Waals surface area contributed by atoms with Gasteiger partial charge < -0.3 is 10.6 Å². The zero-order chi connectivity index (χ0) is 20.2. The first kappa shape index (κ1) is 25.7. The zero-order valence-corrected chi connectivity index (χ0v) is 19.6. The highest BCUT2D eigenvalue weighted by molar-refractivity contribution is 14.0. The summed E-state index contributed by atoms with van der Waals surface area (Å²) in [7, 11) is -3.15. The third-order valence-electron chi connectivity index (χ3n) is 5.10. The molecule has 1 atom stereocenters. The number of nitrogens with zero attached hydrogens (tertiary/aromatic N) is 3. The van der Waals surface area contributed by atoms with Crippen molar-refractivity contribution >= 4 is 40.0 Å². The first-order valence-electron chi connectivity index (χ1n) is 9.39. The summed E-state index contributed by atoms with van der Waals surface area (Å²) in [5, 5.41) is 6.37. The summed E-state index contributed by atoms with van der Waals surface area (Å²) in [5.74, 6) is 0.616. The molecule has 12 heteroatoms. The minimum Gasteiger partial charge on any atom is -0.357 e. The van der Waals surface area contributed by atoms with E-state index < -0.39 is 15.5 Å². The molecule has 28 heavy (non-hydrogen) atoms. The number of hydrogen-bond acceptors (Lipinski definition) is 4. The van der Waals surface area contributed by atoms with E-state index in [1.54, 1.807) is 0 Å². The van der Waals surface area contributed by atoms with Gasteiger partial charge in [-0.05, 0) is 46.6 Å². The molecule has 2 fully saturated rings. The van der Waals surface area contributed by atoms with Crippen molar-refractivity contribution in [2.24, 2.45) is 4.99 Å². The van der Waals surface area contributed by atoms with Crippen LogP contribution in [0.2, 0.25) is 0 Å². The van der Waals surface area contributed by atoms with Crippen LogP contribution in [0.5, 0.6) is 0 Å². The summed E-state index contributed by atoms with van der Waals surface area (Å²) in [4.78, 5) is 6.90. The van der Waals surface area contributed by atoms with Crippen LogP contribution in [0.25, 0.3) is 0 Å². The number of sulfonamides is 1. The Bertz CT molecular complexity index is 620. The molecule has 1 aliphatic carbocycles. The van der Waals surface area contributed by atoms with Crippen LogP contribution in [0.1, 0.15) is 39.5 Å². The van der Waals surface area contributed by atoms with E-state index in [0.717, 1.165) is 0 Å². The summed E-state index contributed by atoms with van der Waals surface area (Å²) in [6.07, 6.45) is 3.05. The molecule has 1 heterocycles. The maximum Gasteiger partial charge on any atom is 0.511 e. The van der Waals surface area contributed by atoms with Crippen molar-refractivity contribution in [3.63, 3.8) is 0 Å². The highest BCUT2D eigenvalue weighted by atomic mass is 127. The molecule has 0 aromatic rings. The van der Waals surface area contributed by atoms with Crippen LogP contribution in [-0.2, 0) is 10.0 Å². The van der Waals surface area contributed by atoms with E-state index in [4.69, 9.17) is 0 Å². The van der Waals surface area contributed by atoms with Gasteiger partial charge in [0.2, 0.25) is 0 Å². The molecule has 2 N–H and O–H groups in total. The number of likely N-dealkylation sites (N-methyl/N-ethyl adjacent to an activating group) is 1. The molecule has 1 aliphatic heterocycles. The third kappa shape index (κ3) is 6.87. The Balaban J connectivity index is 0.00000392. The smallest absolute Gasteiger partial charge is 0.357 e. The van der Waals surface area contributed by atoms with E-state index in [9.17, 15) is 21.6 Å². The average Bonchev–Trinajstić information content (AvgIpc) is 3.43. The SMILES string of the molecule is CCNC(=NCC(C)N(C)C1CC1)NC1CCN(S(=O)(=O)C(F)(F)F)CC1.I. The largest absolute Gasteiger partial charge is 0.511 e. The van der Waals surface area contributed by atoms with E-state index in [0.29, 0.717) is 48.3 Å². The Labute approximate surface area is 182 Å². The van der Waals surface area contributed by atoms with Gasteiger partial charge in [-0.3, -0.25) is 9.89 Å².